The van der Waals surface area contributed by atoms with Gasteiger partial charge in [-0.2, -0.15) is 0 Å². The van der Waals surface area contributed by atoms with Gasteiger partial charge in [-0.25, -0.2) is 0 Å². The second-order valence-corrected chi connectivity index (χ2v) is 6.10. The van der Waals surface area contributed by atoms with E-state index >= 15 is 0 Å². The molecule has 0 aliphatic heterocycles. The van der Waals surface area contributed by atoms with Crippen LogP contribution < -0.4 is 5.32 Å². The Hall–Kier alpha value is -1.79. The first-order chi connectivity index (χ1) is 10.2. The molecule has 3 unspecified atom stereocenters. The van der Waals surface area contributed by atoms with Gasteiger partial charge in [0.25, 0.3) is 0 Å². The van der Waals surface area contributed by atoms with E-state index in [1.165, 1.54) is 19.3 Å². The predicted molar refractivity (Wildman–Crippen MR) is 81.3 cm³/mol. The highest BCUT2D eigenvalue weighted by atomic mass is 16.2. The van der Waals surface area contributed by atoms with Gasteiger partial charge in [0.15, 0.2) is 0 Å². The summed E-state index contributed by atoms with van der Waals surface area (Å²) in [5, 5.41) is 11.8. The maximum Gasteiger partial charge on any atom is 0.224 e. The lowest BCUT2D eigenvalue weighted by atomic mass is 10.1. The molecular weight excluding hydrogens is 262 g/mol. The maximum absolute atomic E-state index is 12.2. The van der Waals surface area contributed by atoms with Gasteiger partial charge in [0.05, 0.1) is 6.04 Å². The van der Waals surface area contributed by atoms with Crippen molar-refractivity contribution < 1.29 is 9.90 Å². The highest BCUT2D eigenvalue weighted by molar-refractivity contribution is 5.82. The van der Waals surface area contributed by atoms with E-state index in [-0.39, 0.29) is 24.5 Å². The van der Waals surface area contributed by atoms with E-state index < -0.39 is 0 Å². The lowest BCUT2D eigenvalue weighted by Gasteiger charge is -2.15. The Morgan fingerprint density at radius 2 is 2.00 bits per heavy atom. The smallest absolute Gasteiger partial charge is 0.224 e. The van der Waals surface area contributed by atoms with Gasteiger partial charge in [-0.1, -0.05) is 30.4 Å². The van der Waals surface area contributed by atoms with Crippen LogP contribution >= 0.6 is 0 Å². The van der Waals surface area contributed by atoms with Gasteiger partial charge in [-0.15, -0.1) is 0 Å². The summed E-state index contributed by atoms with van der Waals surface area (Å²) in [6.45, 7) is 1.89. The first-order valence-corrected chi connectivity index (χ1v) is 7.71. The van der Waals surface area contributed by atoms with Crippen LogP contribution in [0.25, 0.3) is 0 Å². The van der Waals surface area contributed by atoms with Crippen molar-refractivity contribution in [1.29, 1.82) is 0 Å². The molecule has 110 valence electrons. The Bertz CT molecular complexity index is 571. The Labute approximate surface area is 125 Å². The van der Waals surface area contributed by atoms with Crippen LogP contribution in [0.1, 0.15) is 43.4 Å². The van der Waals surface area contributed by atoms with Crippen LogP contribution in [0, 0.1) is 29.6 Å². The van der Waals surface area contributed by atoms with Gasteiger partial charge in [-0.3, -0.25) is 4.79 Å². The van der Waals surface area contributed by atoms with E-state index in [1.54, 1.807) is 0 Å². The largest absolute Gasteiger partial charge is 0.384 e. The van der Waals surface area contributed by atoms with E-state index in [1.807, 2.05) is 31.2 Å². The molecule has 1 amide bonds. The Kier molecular flexibility index (Phi) is 3.98. The topological polar surface area (TPSA) is 49.3 Å². The fourth-order valence-electron chi connectivity index (χ4n) is 3.60. The van der Waals surface area contributed by atoms with Crippen molar-refractivity contribution in [3.8, 4) is 11.8 Å². The van der Waals surface area contributed by atoms with Crippen LogP contribution in [0.15, 0.2) is 24.3 Å². The zero-order valence-corrected chi connectivity index (χ0v) is 12.3. The average Bonchev–Trinajstić information content (AvgIpc) is 2.99. The minimum absolute atomic E-state index is 0.0266. The van der Waals surface area contributed by atoms with E-state index in [0.29, 0.717) is 11.8 Å². The van der Waals surface area contributed by atoms with Crippen LogP contribution in [0.4, 0.5) is 0 Å². The summed E-state index contributed by atoms with van der Waals surface area (Å²) >= 11 is 0. The molecule has 1 aromatic carbocycles. The number of amides is 1. The van der Waals surface area contributed by atoms with Gasteiger partial charge >= 0.3 is 0 Å². The molecule has 0 bridgehead atoms. The zero-order valence-electron chi connectivity index (χ0n) is 12.3. The first-order valence-electron chi connectivity index (χ1n) is 7.71. The van der Waals surface area contributed by atoms with Crippen molar-refractivity contribution >= 4 is 5.91 Å². The first kappa shape index (κ1) is 14.2. The number of rotatable bonds is 3. The number of carbonyl (C=O) groups is 1. The normalized spacial score (nSPS) is 27.2. The molecule has 2 fully saturated rings. The Morgan fingerprint density at radius 3 is 2.62 bits per heavy atom. The summed E-state index contributed by atoms with van der Waals surface area (Å²) in [4.78, 5) is 12.2. The third-order valence-corrected chi connectivity index (χ3v) is 4.79. The van der Waals surface area contributed by atoms with Crippen LogP contribution in [0.2, 0.25) is 0 Å². The predicted octanol–water partition coefficient (Wildman–Crippen LogP) is 2.25. The summed E-state index contributed by atoms with van der Waals surface area (Å²) in [5.74, 6) is 7.31. The summed E-state index contributed by atoms with van der Waals surface area (Å²) in [6.07, 6.45) is 3.76. The molecule has 2 saturated carbocycles. The fourth-order valence-corrected chi connectivity index (χ4v) is 3.60. The highest BCUT2D eigenvalue weighted by Crippen LogP contribution is 2.57. The number of hydrogen-bond donors (Lipinski definition) is 2. The molecule has 2 N–H and O–H groups in total. The molecule has 21 heavy (non-hydrogen) atoms. The average molecular weight is 283 g/mol. The zero-order chi connectivity index (χ0) is 14.8. The molecule has 0 saturated heterocycles. The third-order valence-electron chi connectivity index (χ3n) is 4.79. The molecular formula is C18H21NO2. The molecule has 3 atom stereocenters. The quantitative estimate of drug-likeness (QED) is 0.836. The Balaban J connectivity index is 1.57. The molecule has 3 heteroatoms. The van der Waals surface area contributed by atoms with Crippen molar-refractivity contribution in [3.05, 3.63) is 35.4 Å². The lowest BCUT2D eigenvalue weighted by Crippen LogP contribution is -2.29. The Morgan fingerprint density at radius 1 is 1.33 bits per heavy atom. The molecule has 3 rings (SSSR count). The summed E-state index contributed by atoms with van der Waals surface area (Å²) in [7, 11) is 0. The SMILES string of the molecule is CC(NC(=O)C1C2CCCC21)c1ccc(C#CCO)cc1. The summed E-state index contributed by atoms with van der Waals surface area (Å²) < 4.78 is 0. The number of carbonyl (C=O) groups excluding carboxylic acids is 1. The number of hydrogen-bond acceptors (Lipinski definition) is 2. The second-order valence-electron chi connectivity index (χ2n) is 6.10. The van der Waals surface area contributed by atoms with E-state index in [0.717, 1.165) is 11.1 Å². The third kappa shape index (κ3) is 2.96. The van der Waals surface area contributed by atoms with Gasteiger partial charge in [-0.05, 0) is 49.3 Å². The van der Waals surface area contributed by atoms with E-state index in [2.05, 4.69) is 17.2 Å². The molecule has 0 radical (unpaired) electrons. The second kappa shape index (κ2) is 5.91. The molecule has 2 aliphatic rings. The van der Waals surface area contributed by atoms with Gasteiger partial charge in [0.1, 0.15) is 6.61 Å². The van der Waals surface area contributed by atoms with Gasteiger partial charge in [0, 0.05) is 11.5 Å². The molecule has 0 aromatic heterocycles. The molecule has 0 spiro atoms. The lowest BCUT2D eigenvalue weighted by molar-refractivity contribution is -0.123. The number of nitrogens with one attached hydrogen (secondary N) is 1. The number of benzene rings is 1. The van der Waals surface area contributed by atoms with E-state index in [9.17, 15) is 4.79 Å². The van der Waals surface area contributed by atoms with Crippen molar-refractivity contribution in [2.24, 2.45) is 17.8 Å². The molecule has 3 nitrogen and oxygen atoms in total. The minimum Gasteiger partial charge on any atom is -0.384 e. The molecule has 2 aliphatic carbocycles. The van der Waals surface area contributed by atoms with Crippen molar-refractivity contribution in [2.75, 3.05) is 6.61 Å². The maximum atomic E-state index is 12.2. The number of fused-ring (bicyclic) bond motifs is 1. The monoisotopic (exact) mass is 283 g/mol. The highest BCUT2D eigenvalue weighted by Gasteiger charge is 2.56. The summed E-state index contributed by atoms with van der Waals surface area (Å²) in [5.41, 5.74) is 1.96. The molecule has 0 heterocycles. The van der Waals surface area contributed by atoms with E-state index in [4.69, 9.17) is 5.11 Å². The van der Waals surface area contributed by atoms with Crippen LogP contribution in [-0.2, 0) is 4.79 Å². The van der Waals surface area contributed by atoms with Crippen molar-refractivity contribution in [1.82, 2.24) is 5.32 Å². The van der Waals surface area contributed by atoms with Crippen LogP contribution in [-0.4, -0.2) is 17.6 Å². The van der Waals surface area contributed by atoms with Gasteiger partial charge in [0.2, 0.25) is 5.91 Å². The van der Waals surface area contributed by atoms with Gasteiger partial charge < -0.3 is 10.4 Å². The minimum atomic E-state index is -0.127. The number of aliphatic hydroxyl groups is 1. The standard InChI is InChI=1S/C18H21NO2/c1-12(14-9-7-13(8-10-14)4-3-11-20)19-18(21)17-15-5-2-6-16(15)17/h7-10,12,15-17,20H,2,5-6,11H2,1H3,(H,19,21). The van der Waals surface area contributed by atoms with Crippen LogP contribution in [0.3, 0.4) is 0 Å². The summed E-state index contributed by atoms with van der Waals surface area (Å²) in [6, 6.07) is 7.85. The fraction of sp³-hybridized carbons (Fsp3) is 0.500. The van der Waals surface area contributed by atoms with Crippen molar-refractivity contribution in [3.63, 3.8) is 0 Å². The van der Waals surface area contributed by atoms with Crippen molar-refractivity contribution in [2.45, 2.75) is 32.2 Å². The molecule has 1 aromatic rings. The number of aliphatic hydroxyl groups excluding tert-OH is 1. The van der Waals surface area contributed by atoms with Crippen LogP contribution in [0.5, 0.6) is 0 Å².